The number of carbonyl (C=O) groups excluding carboxylic acids is 1. The van der Waals surface area contributed by atoms with E-state index in [0.29, 0.717) is 27.3 Å². The highest BCUT2D eigenvalue weighted by Crippen LogP contribution is 2.20. The largest absolute Gasteiger partial charge is 0.398 e. The third kappa shape index (κ3) is 1.94. The number of para-hydroxylation sites is 1. The lowest BCUT2D eigenvalue weighted by Crippen LogP contribution is -2.15. The molecule has 1 aromatic heterocycles. The van der Waals surface area contributed by atoms with Crippen molar-refractivity contribution in [1.29, 1.82) is 0 Å². The van der Waals surface area contributed by atoms with Gasteiger partial charge in [0.15, 0.2) is 0 Å². The molecule has 0 saturated heterocycles. The Morgan fingerprint density at radius 3 is 2.79 bits per heavy atom. The molecule has 0 atom stereocenters. The minimum Gasteiger partial charge on any atom is -0.398 e. The maximum atomic E-state index is 12.4. The Hall–Kier alpha value is -2.40. The van der Waals surface area contributed by atoms with Crippen LogP contribution >= 0.6 is 11.6 Å². The van der Waals surface area contributed by atoms with Crippen LogP contribution in [0.2, 0.25) is 5.02 Å². The van der Waals surface area contributed by atoms with Gasteiger partial charge in [-0.3, -0.25) is 4.79 Å². The fraction of sp³-hybridized carbons (Fsp3) is 0. The summed E-state index contributed by atoms with van der Waals surface area (Å²) in [5.74, 6) is -0.331. The van der Waals surface area contributed by atoms with Crippen molar-refractivity contribution in [2.24, 2.45) is 0 Å². The van der Waals surface area contributed by atoms with E-state index < -0.39 is 0 Å². The monoisotopic (exact) mass is 272 g/mol. The van der Waals surface area contributed by atoms with Crippen LogP contribution in [0.1, 0.15) is 10.4 Å². The zero-order valence-corrected chi connectivity index (χ0v) is 10.5. The van der Waals surface area contributed by atoms with Crippen molar-refractivity contribution in [3.8, 4) is 0 Å². The van der Waals surface area contributed by atoms with E-state index in [0.717, 1.165) is 0 Å². The van der Waals surface area contributed by atoms with Crippen LogP contribution < -0.4 is 5.73 Å². The molecule has 0 unspecified atom stereocenters. The van der Waals surface area contributed by atoms with Crippen molar-refractivity contribution >= 4 is 34.2 Å². The lowest BCUT2D eigenvalue weighted by atomic mass is 10.1. The SMILES string of the molecule is Nc1cc(Cl)ccc1C(=O)n1nnc2ccccc21. The number of halogens is 1. The fourth-order valence-electron chi connectivity index (χ4n) is 1.86. The normalized spacial score (nSPS) is 10.8. The molecule has 0 fully saturated rings. The number of nitrogen functional groups attached to an aromatic ring is 1. The molecule has 0 radical (unpaired) electrons. The first-order valence-electron chi connectivity index (χ1n) is 5.57. The predicted molar refractivity (Wildman–Crippen MR) is 73.1 cm³/mol. The molecule has 19 heavy (non-hydrogen) atoms. The van der Waals surface area contributed by atoms with Crippen LogP contribution in [0.5, 0.6) is 0 Å². The standard InChI is InChI=1S/C13H9ClN4O/c14-8-5-6-9(10(15)7-8)13(19)18-12-4-2-1-3-11(12)16-17-18/h1-7H,15H2. The van der Waals surface area contributed by atoms with Crippen molar-refractivity contribution in [3.05, 3.63) is 53.1 Å². The number of hydrogen-bond acceptors (Lipinski definition) is 4. The Morgan fingerprint density at radius 2 is 2.00 bits per heavy atom. The summed E-state index contributed by atoms with van der Waals surface area (Å²) in [5, 5.41) is 8.29. The van der Waals surface area contributed by atoms with Gasteiger partial charge in [-0.15, -0.1) is 5.10 Å². The molecule has 0 saturated carbocycles. The number of fused-ring (bicyclic) bond motifs is 1. The number of nitrogens with zero attached hydrogens (tertiary/aromatic N) is 3. The highest BCUT2D eigenvalue weighted by atomic mass is 35.5. The lowest BCUT2D eigenvalue weighted by molar-refractivity contribution is 0.0949. The Labute approximate surface area is 113 Å². The minimum atomic E-state index is -0.331. The maximum absolute atomic E-state index is 12.4. The molecule has 0 amide bonds. The minimum absolute atomic E-state index is 0.317. The van der Waals surface area contributed by atoms with Crippen molar-refractivity contribution in [2.45, 2.75) is 0 Å². The summed E-state index contributed by atoms with van der Waals surface area (Å²) in [6, 6.07) is 12.0. The van der Waals surface area contributed by atoms with Gasteiger partial charge in [0.05, 0.1) is 11.1 Å². The van der Waals surface area contributed by atoms with Crippen LogP contribution in [0, 0.1) is 0 Å². The molecule has 0 aliphatic heterocycles. The van der Waals surface area contributed by atoms with Crippen molar-refractivity contribution in [1.82, 2.24) is 15.0 Å². The Morgan fingerprint density at radius 1 is 1.21 bits per heavy atom. The van der Waals surface area contributed by atoms with Gasteiger partial charge >= 0.3 is 0 Å². The maximum Gasteiger partial charge on any atom is 0.282 e. The first kappa shape index (κ1) is 11.7. The summed E-state index contributed by atoms with van der Waals surface area (Å²) in [5.41, 5.74) is 7.77. The highest BCUT2D eigenvalue weighted by Gasteiger charge is 2.16. The van der Waals surface area contributed by atoms with E-state index in [4.69, 9.17) is 17.3 Å². The second-order valence-electron chi connectivity index (χ2n) is 4.03. The van der Waals surface area contributed by atoms with Crippen LogP contribution in [0.3, 0.4) is 0 Å². The molecule has 3 rings (SSSR count). The molecule has 1 heterocycles. The number of anilines is 1. The van der Waals surface area contributed by atoms with E-state index in [2.05, 4.69) is 10.3 Å². The fourth-order valence-corrected chi connectivity index (χ4v) is 2.04. The molecular formula is C13H9ClN4O. The number of carbonyl (C=O) groups is 1. The summed E-state index contributed by atoms with van der Waals surface area (Å²) in [7, 11) is 0. The van der Waals surface area contributed by atoms with Gasteiger partial charge in [-0.05, 0) is 30.3 Å². The average molecular weight is 273 g/mol. The average Bonchev–Trinajstić information content (AvgIpc) is 2.82. The van der Waals surface area contributed by atoms with Crippen LogP contribution in [-0.2, 0) is 0 Å². The van der Waals surface area contributed by atoms with Gasteiger partial charge in [0.1, 0.15) is 5.52 Å². The number of nitrogens with two attached hydrogens (primary N) is 1. The van der Waals surface area contributed by atoms with Gasteiger partial charge in [0, 0.05) is 10.7 Å². The summed E-state index contributed by atoms with van der Waals surface area (Å²) in [6.07, 6.45) is 0. The predicted octanol–water partition coefficient (Wildman–Crippen LogP) is 2.36. The Bertz CT molecular complexity index is 781. The summed E-state index contributed by atoms with van der Waals surface area (Å²) in [6.45, 7) is 0. The van der Waals surface area contributed by atoms with E-state index in [1.165, 1.54) is 10.7 Å². The second kappa shape index (κ2) is 4.37. The third-order valence-electron chi connectivity index (χ3n) is 2.79. The molecule has 2 N–H and O–H groups in total. The number of benzene rings is 2. The van der Waals surface area contributed by atoms with Gasteiger partial charge in [0.25, 0.3) is 5.91 Å². The molecule has 0 aliphatic carbocycles. The highest BCUT2D eigenvalue weighted by molar-refractivity contribution is 6.31. The van der Waals surface area contributed by atoms with Crippen molar-refractivity contribution in [2.75, 3.05) is 5.73 Å². The zero-order valence-electron chi connectivity index (χ0n) is 9.75. The first-order valence-corrected chi connectivity index (χ1v) is 5.95. The molecule has 2 aromatic carbocycles. The molecule has 3 aromatic rings. The van der Waals surface area contributed by atoms with E-state index in [-0.39, 0.29) is 5.91 Å². The van der Waals surface area contributed by atoms with Gasteiger partial charge in [0.2, 0.25) is 0 Å². The molecule has 0 bridgehead atoms. The van der Waals surface area contributed by atoms with E-state index in [1.807, 2.05) is 12.1 Å². The second-order valence-corrected chi connectivity index (χ2v) is 4.46. The van der Waals surface area contributed by atoms with Gasteiger partial charge in [-0.25, -0.2) is 0 Å². The quantitative estimate of drug-likeness (QED) is 0.690. The van der Waals surface area contributed by atoms with Gasteiger partial charge in [-0.2, -0.15) is 4.68 Å². The van der Waals surface area contributed by atoms with Crippen LogP contribution in [0.15, 0.2) is 42.5 Å². The zero-order chi connectivity index (χ0) is 13.4. The number of hydrogen-bond donors (Lipinski definition) is 1. The first-order chi connectivity index (χ1) is 9.16. The topological polar surface area (TPSA) is 73.8 Å². The van der Waals surface area contributed by atoms with Gasteiger partial charge < -0.3 is 5.73 Å². The van der Waals surface area contributed by atoms with E-state index >= 15 is 0 Å². The van der Waals surface area contributed by atoms with Crippen LogP contribution in [-0.4, -0.2) is 20.9 Å². The smallest absolute Gasteiger partial charge is 0.282 e. The summed E-state index contributed by atoms with van der Waals surface area (Å²) in [4.78, 5) is 12.4. The Kier molecular flexibility index (Phi) is 2.68. The molecule has 94 valence electrons. The molecule has 5 nitrogen and oxygen atoms in total. The van der Waals surface area contributed by atoms with Crippen LogP contribution in [0.25, 0.3) is 11.0 Å². The Balaban J connectivity index is 2.13. The van der Waals surface area contributed by atoms with Crippen molar-refractivity contribution < 1.29 is 4.79 Å². The van der Waals surface area contributed by atoms with Crippen LogP contribution in [0.4, 0.5) is 5.69 Å². The number of aromatic nitrogens is 3. The van der Waals surface area contributed by atoms with Crippen molar-refractivity contribution in [3.63, 3.8) is 0 Å². The molecule has 0 spiro atoms. The van der Waals surface area contributed by atoms with Gasteiger partial charge in [-0.1, -0.05) is 28.9 Å². The summed E-state index contributed by atoms with van der Waals surface area (Å²) >= 11 is 5.82. The van der Waals surface area contributed by atoms with E-state index in [9.17, 15) is 4.79 Å². The molecule has 6 heteroatoms. The summed E-state index contributed by atoms with van der Waals surface area (Å²) < 4.78 is 1.23. The third-order valence-corrected chi connectivity index (χ3v) is 3.02. The number of rotatable bonds is 1. The van der Waals surface area contributed by atoms with E-state index in [1.54, 1.807) is 24.3 Å². The lowest BCUT2D eigenvalue weighted by Gasteiger charge is -2.05. The molecule has 0 aliphatic rings. The molecular weight excluding hydrogens is 264 g/mol.